The average Bonchev–Trinajstić information content (AvgIpc) is 2.05. The lowest BCUT2D eigenvalue weighted by Gasteiger charge is -2.04. The van der Waals surface area contributed by atoms with E-state index in [0.29, 0.717) is 18.9 Å². The van der Waals surface area contributed by atoms with Crippen LogP contribution in [-0.4, -0.2) is 18.3 Å². The van der Waals surface area contributed by atoms with Gasteiger partial charge in [-0.1, -0.05) is 6.07 Å². The van der Waals surface area contributed by atoms with Crippen LogP contribution in [0.2, 0.25) is 0 Å². The van der Waals surface area contributed by atoms with Crippen LogP contribution in [0.25, 0.3) is 0 Å². The first kappa shape index (κ1) is 8.87. The highest BCUT2D eigenvalue weighted by Crippen LogP contribution is 2.17. The van der Waals surface area contributed by atoms with E-state index in [4.69, 9.17) is 15.6 Å². The molecule has 1 aromatic rings. The predicted molar refractivity (Wildman–Crippen MR) is 47.3 cm³/mol. The van der Waals surface area contributed by atoms with Crippen LogP contribution in [0, 0.1) is 0 Å². The molecule has 0 aromatic heterocycles. The molecule has 0 atom stereocenters. The van der Waals surface area contributed by atoms with Crippen LogP contribution in [0.15, 0.2) is 24.3 Å². The molecule has 3 heteroatoms. The van der Waals surface area contributed by atoms with Crippen LogP contribution >= 0.6 is 0 Å². The number of phenolic OH excluding ortho intramolecular Hbond substituents is 1. The number of nitrogens with two attached hydrogens (primary N) is 1. The van der Waals surface area contributed by atoms with Crippen LogP contribution in [0.5, 0.6) is 11.5 Å². The molecule has 1 rings (SSSR count). The van der Waals surface area contributed by atoms with Gasteiger partial charge in [0.1, 0.15) is 11.5 Å². The van der Waals surface area contributed by atoms with Crippen LogP contribution < -0.4 is 10.5 Å². The highest BCUT2D eigenvalue weighted by molar-refractivity contribution is 5.31. The molecule has 3 N–H and O–H groups in total. The third-order valence-corrected chi connectivity index (χ3v) is 1.43. The molecule has 0 amide bonds. The second-order valence-electron chi connectivity index (χ2n) is 2.49. The largest absolute Gasteiger partial charge is 0.508 e. The minimum Gasteiger partial charge on any atom is -0.508 e. The third kappa shape index (κ3) is 2.80. The molecule has 0 saturated carbocycles. The maximum absolute atomic E-state index is 9.06. The van der Waals surface area contributed by atoms with Crippen molar-refractivity contribution in [3.63, 3.8) is 0 Å². The molecule has 0 unspecified atom stereocenters. The zero-order valence-electron chi connectivity index (χ0n) is 6.86. The Hall–Kier alpha value is -1.22. The van der Waals surface area contributed by atoms with E-state index < -0.39 is 0 Å². The molecule has 0 radical (unpaired) electrons. The van der Waals surface area contributed by atoms with Gasteiger partial charge in [0.15, 0.2) is 0 Å². The SMILES string of the molecule is NCCCOc1cccc(O)c1. The molecule has 3 nitrogen and oxygen atoms in total. The Bertz CT molecular complexity index is 238. The fourth-order valence-electron chi connectivity index (χ4n) is 0.847. The molecule has 0 bridgehead atoms. The minimum absolute atomic E-state index is 0.222. The molecule has 0 aliphatic heterocycles. The highest BCUT2D eigenvalue weighted by atomic mass is 16.5. The van der Waals surface area contributed by atoms with E-state index in [0.717, 1.165) is 6.42 Å². The first-order chi connectivity index (χ1) is 5.83. The monoisotopic (exact) mass is 167 g/mol. The van der Waals surface area contributed by atoms with E-state index in [2.05, 4.69) is 0 Å². The van der Waals surface area contributed by atoms with Crippen molar-refractivity contribution in [2.45, 2.75) is 6.42 Å². The zero-order chi connectivity index (χ0) is 8.81. The van der Waals surface area contributed by atoms with E-state index >= 15 is 0 Å². The van der Waals surface area contributed by atoms with Crippen LogP contribution in [0.3, 0.4) is 0 Å². The van der Waals surface area contributed by atoms with Crippen molar-refractivity contribution in [2.24, 2.45) is 5.73 Å². The normalized spacial score (nSPS) is 9.75. The molecule has 0 aliphatic carbocycles. The van der Waals surface area contributed by atoms with Crippen molar-refractivity contribution in [3.8, 4) is 11.5 Å². The summed E-state index contributed by atoms with van der Waals surface area (Å²) in [7, 11) is 0. The summed E-state index contributed by atoms with van der Waals surface area (Å²) in [5, 5.41) is 9.06. The molecule has 12 heavy (non-hydrogen) atoms. The van der Waals surface area contributed by atoms with Gasteiger partial charge in [-0.25, -0.2) is 0 Å². The first-order valence-electron chi connectivity index (χ1n) is 3.95. The summed E-state index contributed by atoms with van der Waals surface area (Å²) in [6.45, 7) is 1.22. The number of benzene rings is 1. The van der Waals surface area contributed by atoms with Gasteiger partial charge >= 0.3 is 0 Å². The highest BCUT2D eigenvalue weighted by Gasteiger charge is 1.93. The number of ether oxygens (including phenoxy) is 1. The molecule has 0 saturated heterocycles. The van der Waals surface area contributed by atoms with Gasteiger partial charge in [0, 0.05) is 6.07 Å². The number of rotatable bonds is 4. The predicted octanol–water partition coefficient (Wildman–Crippen LogP) is 1.12. The summed E-state index contributed by atoms with van der Waals surface area (Å²) < 4.78 is 5.29. The van der Waals surface area contributed by atoms with Crippen LogP contribution in [0.1, 0.15) is 6.42 Å². The average molecular weight is 167 g/mol. The molecule has 0 fully saturated rings. The van der Waals surface area contributed by atoms with Crippen LogP contribution in [-0.2, 0) is 0 Å². The van der Waals surface area contributed by atoms with E-state index in [1.807, 2.05) is 0 Å². The second kappa shape index (κ2) is 4.62. The maximum Gasteiger partial charge on any atom is 0.122 e. The topological polar surface area (TPSA) is 55.5 Å². The van der Waals surface area contributed by atoms with Crippen LogP contribution in [0.4, 0.5) is 0 Å². The Morgan fingerprint density at radius 2 is 2.25 bits per heavy atom. The zero-order valence-corrected chi connectivity index (χ0v) is 6.86. The van der Waals surface area contributed by atoms with Gasteiger partial charge in [-0.2, -0.15) is 0 Å². The van der Waals surface area contributed by atoms with E-state index in [1.54, 1.807) is 24.3 Å². The van der Waals surface area contributed by atoms with Crippen molar-refractivity contribution >= 4 is 0 Å². The summed E-state index contributed by atoms with van der Waals surface area (Å²) in [5.41, 5.74) is 5.29. The Labute approximate surface area is 71.8 Å². The lowest BCUT2D eigenvalue weighted by atomic mass is 10.3. The van der Waals surface area contributed by atoms with Crippen molar-refractivity contribution in [3.05, 3.63) is 24.3 Å². The molecule has 1 aromatic carbocycles. The fraction of sp³-hybridized carbons (Fsp3) is 0.333. The van der Waals surface area contributed by atoms with Gasteiger partial charge in [0.2, 0.25) is 0 Å². The van der Waals surface area contributed by atoms with Gasteiger partial charge in [-0.3, -0.25) is 0 Å². The number of hydrogen-bond acceptors (Lipinski definition) is 3. The number of hydrogen-bond donors (Lipinski definition) is 2. The molecule has 0 spiro atoms. The van der Waals surface area contributed by atoms with Crippen molar-refractivity contribution in [2.75, 3.05) is 13.2 Å². The Balaban J connectivity index is 2.41. The van der Waals surface area contributed by atoms with Gasteiger partial charge in [0.25, 0.3) is 0 Å². The summed E-state index contributed by atoms with van der Waals surface area (Å²) in [6.07, 6.45) is 0.829. The third-order valence-electron chi connectivity index (χ3n) is 1.43. The van der Waals surface area contributed by atoms with Crippen molar-refractivity contribution in [1.29, 1.82) is 0 Å². The number of aromatic hydroxyl groups is 1. The Morgan fingerprint density at radius 1 is 1.42 bits per heavy atom. The summed E-state index contributed by atoms with van der Waals surface area (Å²) >= 11 is 0. The summed E-state index contributed by atoms with van der Waals surface area (Å²) in [6, 6.07) is 6.73. The molecular weight excluding hydrogens is 154 g/mol. The van der Waals surface area contributed by atoms with Gasteiger partial charge in [0.05, 0.1) is 6.61 Å². The lowest BCUT2D eigenvalue weighted by Crippen LogP contribution is -2.05. The summed E-state index contributed by atoms with van der Waals surface area (Å²) in [4.78, 5) is 0. The Morgan fingerprint density at radius 3 is 2.92 bits per heavy atom. The molecular formula is C9H13NO2. The maximum atomic E-state index is 9.06. The van der Waals surface area contributed by atoms with Gasteiger partial charge < -0.3 is 15.6 Å². The van der Waals surface area contributed by atoms with Crippen molar-refractivity contribution < 1.29 is 9.84 Å². The number of phenols is 1. The smallest absolute Gasteiger partial charge is 0.122 e. The standard InChI is InChI=1S/C9H13NO2/c10-5-2-6-12-9-4-1-3-8(11)7-9/h1,3-4,7,11H,2,5-6,10H2. The van der Waals surface area contributed by atoms with E-state index in [9.17, 15) is 0 Å². The first-order valence-corrected chi connectivity index (χ1v) is 3.95. The van der Waals surface area contributed by atoms with Crippen molar-refractivity contribution in [1.82, 2.24) is 0 Å². The molecule has 0 heterocycles. The quantitative estimate of drug-likeness (QED) is 0.661. The summed E-state index contributed by atoms with van der Waals surface area (Å²) in [5.74, 6) is 0.906. The Kier molecular flexibility index (Phi) is 3.41. The molecule has 0 aliphatic rings. The minimum atomic E-state index is 0.222. The van der Waals surface area contributed by atoms with E-state index in [-0.39, 0.29) is 5.75 Å². The molecule has 66 valence electrons. The van der Waals surface area contributed by atoms with E-state index in [1.165, 1.54) is 0 Å². The van der Waals surface area contributed by atoms with Gasteiger partial charge in [-0.15, -0.1) is 0 Å². The van der Waals surface area contributed by atoms with Gasteiger partial charge in [-0.05, 0) is 25.1 Å². The fourth-order valence-corrected chi connectivity index (χ4v) is 0.847. The lowest BCUT2D eigenvalue weighted by molar-refractivity contribution is 0.311. The second-order valence-corrected chi connectivity index (χ2v) is 2.49.